The van der Waals surface area contributed by atoms with Crippen LogP contribution in [0.1, 0.15) is 5.56 Å². The number of rotatable bonds is 3. The summed E-state index contributed by atoms with van der Waals surface area (Å²) in [7, 11) is -3.61. The number of sulfonamides is 1. The highest BCUT2D eigenvalue weighted by Gasteiger charge is 2.29. The summed E-state index contributed by atoms with van der Waals surface area (Å²) in [6.07, 6.45) is 0. The van der Waals surface area contributed by atoms with Crippen molar-refractivity contribution >= 4 is 27.3 Å². The molecule has 0 unspecified atom stereocenters. The largest absolute Gasteiger partial charge is 0.368 e. The quantitative estimate of drug-likeness (QED) is 0.834. The summed E-state index contributed by atoms with van der Waals surface area (Å²) >= 11 is 6.20. The van der Waals surface area contributed by atoms with Gasteiger partial charge < -0.3 is 4.90 Å². The van der Waals surface area contributed by atoms with Crippen molar-refractivity contribution in [2.45, 2.75) is 11.8 Å². The summed E-state index contributed by atoms with van der Waals surface area (Å²) < 4.78 is 40.3. The summed E-state index contributed by atoms with van der Waals surface area (Å²) in [6, 6.07) is 11.4. The highest BCUT2D eigenvalue weighted by Crippen LogP contribution is 2.27. The molecule has 4 nitrogen and oxygen atoms in total. The Kier molecular flexibility index (Phi) is 4.80. The van der Waals surface area contributed by atoms with Crippen molar-refractivity contribution in [3.63, 3.8) is 0 Å². The number of aryl methyl sites for hydroxylation is 1. The number of anilines is 1. The predicted octanol–water partition coefficient (Wildman–Crippen LogP) is 3.30. The first-order valence-corrected chi connectivity index (χ1v) is 9.47. The van der Waals surface area contributed by atoms with E-state index in [2.05, 4.69) is 4.90 Å². The zero-order valence-corrected chi connectivity index (χ0v) is 14.8. The van der Waals surface area contributed by atoms with Gasteiger partial charge in [-0.05, 0) is 42.8 Å². The molecule has 1 aliphatic rings. The Bertz CT molecular complexity index is 849. The molecule has 0 amide bonds. The van der Waals surface area contributed by atoms with Crippen molar-refractivity contribution in [1.82, 2.24) is 4.31 Å². The molecule has 0 bridgehead atoms. The van der Waals surface area contributed by atoms with Crippen molar-refractivity contribution in [3.05, 3.63) is 58.9 Å². The monoisotopic (exact) mass is 368 g/mol. The number of para-hydroxylation sites is 1. The molecule has 0 saturated carbocycles. The van der Waals surface area contributed by atoms with Crippen molar-refractivity contribution in [1.29, 1.82) is 0 Å². The van der Waals surface area contributed by atoms with E-state index in [0.29, 0.717) is 36.8 Å². The van der Waals surface area contributed by atoms with Gasteiger partial charge in [0.1, 0.15) is 5.82 Å². The van der Waals surface area contributed by atoms with Gasteiger partial charge in [0.15, 0.2) is 0 Å². The van der Waals surface area contributed by atoms with Crippen LogP contribution in [0.3, 0.4) is 0 Å². The van der Waals surface area contributed by atoms with Gasteiger partial charge in [-0.25, -0.2) is 12.8 Å². The Morgan fingerprint density at radius 1 is 1.04 bits per heavy atom. The lowest BCUT2D eigenvalue weighted by Gasteiger charge is -2.35. The van der Waals surface area contributed by atoms with Gasteiger partial charge in [0.25, 0.3) is 0 Å². The first-order valence-electron chi connectivity index (χ1n) is 7.65. The zero-order valence-electron chi connectivity index (χ0n) is 13.2. The lowest BCUT2D eigenvalue weighted by Crippen LogP contribution is -2.48. The molecular formula is C17H18ClFN2O2S. The number of hydrogen-bond acceptors (Lipinski definition) is 3. The summed E-state index contributed by atoms with van der Waals surface area (Å²) in [5, 5.41) is 0.656. The van der Waals surface area contributed by atoms with Crippen LogP contribution >= 0.6 is 11.6 Å². The van der Waals surface area contributed by atoms with Crippen LogP contribution in [0, 0.1) is 12.7 Å². The van der Waals surface area contributed by atoms with Gasteiger partial charge in [-0.1, -0.05) is 23.7 Å². The highest BCUT2D eigenvalue weighted by molar-refractivity contribution is 7.89. The molecule has 3 rings (SSSR count). The minimum Gasteiger partial charge on any atom is -0.368 e. The highest BCUT2D eigenvalue weighted by atomic mass is 35.5. The van der Waals surface area contributed by atoms with Gasteiger partial charge in [-0.2, -0.15) is 4.31 Å². The Hall–Kier alpha value is -1.63. The van der Waals surface area contributed by atoms with Gasteiger partial charge in [0.2, 0.25) is 10.0 Å². The lowest BCUT2D eigenvalue weighted by atomic mass is 10.2. The second-order valence-corrected chi connectivity index (χ2v) is 8.10. The smallest absolute Gasteiger partial charge is 0.243 e. The lowest BCUT2D eigenvalue weighted by molar-refractivity contribution is 0.385. The molecule has 2 aromatic rings. The summed E-state index contributed by atoms with van der Waals surface area (Å²) in [5.41, 5.74) is 1.24. The summed E-state index contributed by atoms with van der Waals surface area (Å²) in [5.74, 6) is -0.405. The van der Waals surface area contributed by atoms with Crippen LogP contribution in [0.5, 0.6) is 0 Å². The second-order valence-electron chi connectivity index (χ2n) is 5.75. The summed E-state index contributed by atoms with van der Waals surface area (Å²) in [4.78, 5) is 2.21. The molecule has 1 saturated heterocycles. The van der Waals surface area contributed by atoms with Crippen LogP contribution in [0.4, 0.5) is 10.1 Å². The maximum atomic E-state index is 13.4. The maximum Gasteiger partial charge on any atom is 0.243 e. The molecule has 0 N–H and O–H groups in total. The van der Waals surface area contributed by atoms with E-state index in [1.54, 1.807) is 6.92 Å². The normalized spacial score (nSPS) is 16.4. The molecule has 2 aromatic carbocycles. The molecule has 0 radical (unpaired) electrons. The Morgan fingerprint density at radius 2 is 1.71 bits per heavy atom. The van der Waals surface area contributed by atoms with Crippen LogP contribution in [0.15, 0.2) is 47.4 Å². The third kappa shape index (κ3) is 3.27. The standard InChI is InChI=1S/C17H18ClFN2O2S/c1-13-12-14(6-7-16(13)19)24(22,23)21-10-8-20(9-11-21)17-5-3-2-4-15(17)18/h2-7,12H,8-11H2,1H3. The Balaban J connectivity index is 1.76. The molecule has 128 valence electrons. The van der Waals surface area contributed by atoms with Crippen LogP contribution < -0.4 is 4.90 Å². The molecule has 0 atom stereocenters. The van der Waals surface area contributed by atoms with Crippen LogP contribution in [-0.2, 0) is 10.0 Å². The first kappa shape index (κ1) is 17.2. The van der Waals surface area contributed by atoms with Gasteiger partial charge in [-0.3, -0.25) is 0 Å². The van der Waals surface area contributed by atoms with Gasteiger partial charge in [-0.15, -0.1) is 0 Å². The van der Waals surface area contributed by atoms with Crippen molar-refractivity contribution < 1.29 is 12.8 Å². The van der Waals surface area contributed by atoms with E-state index < -0.39 is 15.8 Å². The minimum atomic E-state index is -3.61. The Morgan fingerprint density at radius 3 is 2.33 bits per heavy atom. The van der Waals surface area contributed by atoms with Crippen LogP contribution in [0.2, 0.25) is 5.02 Å². The zero-order chi connectivity index (χ0) is 17.3. The van der Waals surface area contributed by atoms with E-state index in [4.69, 9.17) is 11.6 Å². The number of halogens is 2. The van der Waals surface area contributed by atoms with Gasteiger partial charge in [0, 0.05) is 26.2 Å². The third-order valence-corrected chi connectivity index (χ3v) is 6.41. The molecule has 0 aliphatic carbocycles. The Labute approximate surface area is 146 Å². The second kappa shape index (κ2) is 6.70. The number of nitrogens with zero attached hydrogens (tertiary/aromatic N) is 2. The molecule has 24 heavy (non-hydrogen) atoms. The molecule has 1 aliphatic heterocycles. The molecule has 7 heteroatoms. The topological polar surface area (TPSA) is 40.6 Å². The van der Waals surface area contributed by atoms with E-state index in [1.165, 1.54) is 22.5 Å². The molecule has 0 spiro atoms. The van der Waals surface area contributed by atoms with E-state index in [9.17, 15) is 12.8 Å². The van der Waals surface area contributed by atoms with Gasteiger partial charge >= 0.3 is 0 Å². The fourth-order valence-corrected chi connectivity index (χ4v) is 4.57. The van der Waals surface area contributed by atoms with E-state index in [0.717, 1.165) is 5.69 Å². The number of piperazine rings is 1. The third-order valence-electron chi connectivity index (χ3n) is 4.20. The van der Waals surface area contributed by atoms with E-state index in [-0.39, 0.29) is 4.90 Å². The number of hydrogen-bond donors (Lipinski definition) is 0. The van der Waals surface area contributed by atoms with Crippen molar-refractivity contribution in [2.24, 2.45) is 0 Å². The van der Waals surface area contributed by atoms with Crippen LogP contribution in [0.25, 0.3) is 0 Å². The minimum absolute atomic E-state index is 0.132. The van der Waals surface area contributed by atoms with Crippen molar-refractivity contribution in [3.8, 4) is 0 Å². The molecule has 1 fully saturated rings. The average Bonchev–Trinajstić information content (AvgIpc) is 2.58. The fraction of sp³-hybridized carbons (Fsp3) is 0.294. The van der Waals surface area contributed by atoms with E-state index in [1.807, 2.05) is 24.3 Å². The van der Waals surface area contributed by atoms with Crippen LogP contribution in [-0.4, -0.2) is 38.9 Å². The SMILES string of the molecule is Cc1cc(S(=O)(=O)N2CCN(c3ccccc3Cl)CC2)ccc1F. The molecule has 1 heterocycles. The summed E-state index contributed by atoms with van der Waals surface area (Å²) in [6.45, 7) is 3.41. The predicted molar refractivity (Wildman–Crippen MR) is 93.6 cm³/mol. The number of benzene rings is 2. The fourth-order valence-electron chi connectivity index (χ4n) is 2.80. The molecular weight excluding hydrogens is 351 g/mol. The van der Waals surface area contributed by atoms with E-state index >= 15 is 0 Å². The average molecular weight is 369 g/mol. The first-order chi connectivity index (χ1) is 11.4. The van der Waals surface area contributed by atoms with Gasteiger partial charge in [0.05, 0.1) is 15.6 Å². The van der Waals surface area contributed by atoms with Crippen molar-refractivity contribution in [2.75, 3.05) is 31.1 Å². The molecule has 0 aromatic heterocycles. The maximum absolute atomic E-state index is 13.4.